The summed E-state index contributed by atoms with van der Waals surface area (Å²) in [6, 6.07) is 6.18. The summed E-state index contributed by atoms with van der Waals surface area (Å²) in [5.41, 5.74) is 0.848. The maximum Gasteiger partial charge on any atom is 0.416 e. The van der Waals surface area contributed by atoms with E-state index in [2.05, 4.69) is 20.9 Å². The Morgan fingerprint density at radius 1 is 1.10 bits per heavy atom. The van der Waals surface area contributed by atoms with Crippen molar-refractivity contribution in [2.24, 2.45) is 5.92 Å². The van der Waals surface area contributed by atoms with E-state index in [4.69, 9.17) is 19.4 Å². The van der Waals surface area contributed by atoms with Gasteiger partial charge in [0.05, 0.1) is 29.0 Å². The molecule has 4 aromatic rings. The van der Waals surface area contributed by atoms with Crippen molar-refractivity contribution in [2.75, 3.05) is 58.0 Å². The van der Waals surface area contributed by atoms with Gasteiger partial charge in [0.1, 0.15) is 0 Å². The molecule has 0 amide bonds. The lowest BCUT2D eigenvalue weighted by Crippen LogP contribution is -2.36. The number of anilines is 1. The number of halogens is 3. The zero-order chi connectivity index (χ0) is 27.0. The number of alkyl halides is 3. The van der Waals surface area contributed by atoms with Gasteiger partial charge in [0.15, 0.2) is 11.6 Å². The van der Waals surface area contributed by atoms with Gasteiger partial charge in [0.25, 0.3) is 0 Å². The standard InChI is InChI=1S/C28H32F3N5O2S/c1-37-11-5-18-3-7-35(8-4-18)17-20-16-24-25(39-20)27(36-9-12-38-13-10-36)34-26(33-24)22-14-19(28(29,30)31)15-23-21(22)2-6-32-23/h2,6,14-16,18,32H,3-5,7-13,17H2,1H3. The molecule has 2 saturated heterocycles. The molecule has 0 saturated carbocycles. The van der Waals surface area contributed by atoms with Crippen LogP contribution in [0.15, 0.2) is 30.5 Å². The lowest BCUT2D eigenvalue weighted by molar-refractivity contribution is -0.137. The number of morpholine rings is 1. The summed E-state index contributed by atoms with van der Waals surface area (Å²) >= 11 is 1.69. The summed E-state index contributed by atoms with van der Waals surface area (Å²) in [6.45, 7) is 6.27. The van der Waals surface area contributed by atoms with Gasteiger partial charge in [-0.15, -0.1) is 11.3 Å². The highest BCUT2D eigenvalue weighted by atomic mass is 32.1. The summed E-state index contributed by atoms with van der Waals surface area (Å²) in [5.74, 6) is 1.79. The van der Waals surface area contributed by atoms with Crippen molar-refractivity contribution < 1.29 is 22.6 Å². The Morgan fingerprint density at radius 2 is 1.90 bits per heavy atom. The minimum Gasteiger partial charge on any atom is -0.385 e. The molecule has 1 aromatic carbocycles. The number of benzene rings is 1. The molecule has 2 fully saturated rings. The van der Waals surface area contributed by atoms with Crippen LogP contribution in [0.2, 0.25) is 0 Å². The van der Waals surface area contributed by atoms with Gasteiger partial charge in [0.2, 0.25) is 0 Å². The Morgan fingerprint density at radius 3 is 2.64 bits per heavy atom. The Hall–Kier alpha value is -2.73. The zero-order valence-corrected chi connectivity index (χ0v) is 22.7. The first-order valence-electron chi connectivity index (χ1n) is 13.4. The van der Waals surface area contributed by atoms with Crippen LogP contribution in [0.1, 0.15) is 29.7 Å². The topological polar surface area (TPSA) is 66.5 Å². The molecule has 7 nitrogen and oxygen atoms in total. The number of hydrogen-bond donors (Lipinski definition) is 1. The molecule has 0 aliphatic carbocycles. The van der Waals surface area contributed by atoms with Crippen LogP contribution in [-0.2, 0) is 22.2 Å². The van der Waals surface area contributed by atoms with Crippen LogP contribution in [0.4, 0.5) is 19.0 Å². The quantitative estimate of drug-likeness (QED) is 0.302. The molecular formula is C28H32F3N5O2S. The van der Waals surface area contributed by atoms with Gasteiger partial charge in [-0.3, -0.25) is 4.90 Å². The maximum absolute atomic E-state index is 13.8. The van der Waals surface area contributed by atoms with Crippen LogP contribution >= 0.6 is 11.3 Å². The Kier molecular flexibility index (Phi) is 7.49. The lowest BCUT2D eigenvalue weighted by atomic mass is 9.94. The number of aromatic amines is 1. The average molecular weight is 560 g/mol. The van der Waals surface area contributed by atoms with Gasteiger partial charge >= 0.3 is 6.18 Å². The molecule has 0 atom stereocenters. The van der Waals surface area contributed by atoms with Crippen molar-refractivity contribution in [3.8, 4) is 11.4 Å². The second-order valence-electron chi connectivity index (χ2n) is 10.4. The number of likely N-dealkylation sites (tertiary alicyclic amines) is 1. The largest absolute Gasteiger partial charge is 0.416 e. The molecule has 6 rings (SSSR count). The number of aromatic nitrogens is 3. The Balaban J connectivity index is 1.37. The van der Waals surface area contributed by atoms with E-state index in [1.165, 1.54) is 23.8 Å². The number of rotatable bonds is 7. The van der Waals surface area contributed by atoms with E-state index in [-0.39, 0.29) is 0 Å². The van der Waals surface area contributed by atoms with Crippen molar-refractivity contribution in [1.82, 2.24) is 19.9 Å². The van der Waals surface area contributed by atoms with Crippen molar-refractivity contribution >= 4 is 38.3 Å². The van der Waals surface area contributed by atoms with Gasteiger partial charge in [-0.25, -0.2) is 9.97 Å². The summed E-state index contributed by atoms with van der Waals surface area (Å²) < 4.78 is 53.1. The number of thiophene rings is 1. The van der Waals surface area contributed by atoms with Crippen LogP contribution in [0.3, 0.4) is 0 Å². The number of piperidine rings is 1. The molecule has 2 aliphatic rings. The summed E-state index contributed by atoms with van der Waals surface area (Å²) in [5, 5.41) is 0.669. The van der Waals surface area contributed by atoms with Gasteiger partial charge in [-0.2, -0.15) is 13.2 Å². The van der Waals surface area contributed by atoms with E-state index >= 15 is 0 Å². The van der Waals surface area contributed by atoms with Crippen LogP contribution in [0.25, 0.3) is 32.5 Å². The first-order valence-corrected chi connectivity index (χ1v) is 14.2. The molecule has 3 aromatic heterocycles. The van der Waals surface area contributed by atoms with Crippen molar-refractivity contribution in [3.63, 3.8) is 0 Å². The second kappa shape index (κ2) is 11.0. The lowest BCUT2D eigenvalue weighted by Gasteiger charge is -2.31. The zero-order valence-electron chi connectivity index (χ0n) is 21.9. The van der Waals surface area contributed by atoms with Crippen LogP contribution < -0.4 is 4.90 Å². The highest BCUT2D eigenvalue weighted by Crippen LogP contribution is 2.39. The minimum absolute atomic E-state index is 0.308. The van der Waals surface area contributed by atoms with Gasteiger partial charge < -0.3 is 19.4 Å². The van der Waals surface area contributed by atoms with Gasteiger partial charge in [0, 0.05) is 60.9 Å². The molecule has 11 heteroatoms. The van der Waals surface area contributed by atoms with E-state index in [1.54, 1.807) is 30.7 Å². The van der Waals surface area contributed by atoms with Crippen LogP contribution in [-0.4, -0.2) is 73.0 Å². The predicted octanol–water partition coefficient (Wildman–Crippen LogP) is 5.94. The van der Waals surface area contributed by atoms with E-state index < -0.39 is 11.7 Å². The fourth-order valence-electron chi connectivity index (χ4n) is 5.61. The monoisotopic (exact) mass is 559 g/mol. The minimum atomic E-state index is -4.47. The smallest absolute Gasteiger partial charge is 0.385 e. The molecule has 0 spiro atoms. The fraction of sp³-hybridized carbons (Fsp3) is 0.500. The van der Waals surface area contributed by atoms with Crippen LogP contribution in [0.5, 0.6) is 0 Å². The second-order valence-corrected chi connectivity index (χ2v) is 11.5. The van der Waals surface area contributed by atoms with E-state index in [9.17, 15) is 13.2 Å². The van der Waals surface area contributed by atoms with Crippen molar-refractivity contribution in [1.29, 1.82) is 0 Å². The molecule has 0 bridgehead atoms. The predicted molar refractivity (Wildman–Crippen MR) is 147 cm³/mol. The SMILES string of the molecule is COCCC1CCN(Cc2cc3nc(-c4cc(C(F)(F)F)cc5[nH]ccc45)nc(N4CCOCC4)c3s2)CC1. The number of hydrogen-bond acceptors (Lipinski definition) is 7. The molecule has 5 heterocycles. The molecule has 1 N–H and O–H groups in total. The molecule has 39 heavy (non-hydrogen) atoms. The summed E-state index contributed by atoms with van der Waals surface area (Å²) in [7, 11) is 1.75. The maximum atomic E-state index is 13.8. The number of nitrogens with one attached hydrogen (secondary N) is 1. The van der Waals surface area contributed by atoms with Gasteiger partial charge in [-0.05, 0) is 62.5 Å². The summed E-state index contributed by atoms with van der Waals surface area (Å²) in [4.78, 5) is 18.5. The van der Waals surface area contributed by atoms with E-state index in [1.807, 2.05) is 0 Å². The number of nitrogens with zero attached hydrogens (tertiary/aromatic N) is 4. The van der Waals surface area contributed by atoms with E-state index in [0.29, 0.717) is 54.5 Å². The molecular weight excluding hydrogens is 527 g/mol. The molecule has 0 radical (unpaired) electrons. The number of fused-ring (bicyclic) bond motifs is 2. The third-order valence-electron chi connectivity index (χ3n) is 7.77. The first kappa shape index (κ1) is 26.5. The van der Waals surface area contributed by atoms with E-state index in [0.717, 1.165) is 54.8 Å². The van der Waals surface area contributed by atoms with Crippen molar-refractivity contribution in [2.45, 2.75) is 32.0 Å². The Bertz CT molecular complexity index is 1440. The highest BCUT2D eigenvalue weighted by molar-refractivity contribution is 7.19. The number of ether oxygens (including phenoxy) is 2. The normalized spacial score (nSPS) is 18.0. The third-order valence-corrected chi connectivity index (χ3v) is 8.87. The summed E-state index contributed by atoms with van der Waals surface area (Å²) in [6.07, 6.45) is 0.617. The molecule has 0 unspecified atom stereocenters. The van der Waals surface area contributed by atoms with Crippen LogP contribution in [0, 0.1) is 5.92 Å². The average Bonchev–Trinajstić information content (AvgIpc) is 3.58. The number of methoxy groups -OCH3 is 1. The van der Waals surface area contributed by atoms with Crippen molar-refractivity contribution in [3.05, 3.63) is 40.9 Å². The first-order chi connectivity index (χ1) is 18.9. The fourth-order valence-corrected chi connectivity index (χ4v) is 6.76. The number of H-pyrrole nitrogens is 1. The molecule has 208 valence electrons. The third kappa shape index (κ3) is 5.63. The van der Waals surface area contributed by atoms with Gasteiger partial charge in [-0.1, -0.05) is 0 Å². The Labute approximate surface area is 228 Å². The highest BCUT2D eigenvalue weighted by Gasteiger charge is 2.32. The molecule has 2 aliphatic heterocycles.